The predicted molar refractivity (Wildman–Crippen MR) is 174 cm³/mol. The second-order valence-electron chi connectivity index (χ2n) is 12.5. The van der Waals surface area contributed by atoms with Gasteiger partial charge in [-0.05, 0) is 32.1 Å². The van der Waals surface area contributed by atoms with E-state index in [4.69, 9.17) is 18.5 Å². The molecule has 0 amide bonds. The van der Waals surface area contributed by atoms with Gasteiger partial charge in [-0.25, -0.2) is 4.57 Å². The van der Waals surface area contributed by atoms with Crippen LogP contribution in [0.15, 0.2) is 12.2 Å². The molecule has 42 heavy (non-hydrogen) atoms. The van der Waals surface area contributed by atoms with Gasteiger partial charge in [0, 0.05) is 13.0 Å². The van der Waals surface area contributed by atoms with Gasteiger partial charge in [0.2, 0.25) is 0 Å². The zero-order chi connectivity index (χ0) is 31.4. The molecular formula is C33H67NO7P+. The lowest BCUT2D eigenvalue weighted by Crippen LogP contribution is -2.37. The summed E-state index contributed by atoms with van der Waals surface area (Å²) in [5, 5.41) is 0. The molecule has 0 aliphatic heterocycles. The summed E-state index contributed by atoms with van der Waals surface area (Å²) in [4.78, 5) is 22.6. The number of unbranched alkanes of at least 4 members (excludes halogenated alkanes) is 15. The number of allylic oxidation sites excluding steroid dienone is 2. The SMILES string of the molecule is CCCC/C=C\CCCCCCCC(=O)OC(COCCCCCCCCCCC)COP(=O)(O)OCC[N+](C)(C)C. The number of likely N-dealkylation sites (N-methyl/N-ethyl adjacent to an activating group) is 1. The molecule has 1 N–H and O–H groups in total. The Bertz CT molecular complexity index is 696. The Labute approximate surface area is 259 Å². The highest BCUT2D eigenvalue weighted by Gasteiger charge is 2.26. The minimum absolute atomic E-state index is 0.0893. The number of esters is 1. The second-order valence-corrected chi connectivity index (χ2v) is 14.0. The molecule has 2 atom stereocenters. The van der Waals surface area contributed by atoms with E-state index in [-0.39, 0.29) is 25.8 Å². The Kier molecular flexibility index (Phi) is 27.3. The number of hydrogen-bond donors (Lipinski definition) is 1. The van der Waals surface area contributed by atoms with Gasteiger partial charge in [-0.1, -0.05) is 109 Å². The van der Waals surface area contributed by atoms with Crippen LogP contribution in [0.25, 0.3) is 0 Å². The van der Waals surface area contributed by atoms with E-state index in [0.717, 1.165) is 44.9 Å². The van der Waals surface area contributed by atoms with Gasteiger partial charge >= 0.3 is 13.8 Å². The summed E-state index contributed by atoms with van der Waals surface area (Å²) in [5.74, 6) is -0.326. The highest BCUT2D eigenvalue weighted by atomic mass is 31.2. The Morgan fingerprint density at radius 1 is 0.714 bits per heavy atom. The fraction of sp³-hybridized carbons (Fsp3) is 0.909. The molecule has 0 aromatic rings. The van der Waals surface area contributed by atoms with Crippen molar-refractivity contribution in [3.8, 4) is 0 Å². The first-order valence-corrected chi connectivity index (χ1v) is 18.4. The highest BCUT2D eigenvalue weighted by Crippen LogP contribution is 2.43. The van der Waals surface area contributed by atoms with Crippen LogP contribution in [-0.2, 0) is 27.9 Å². The Balaban J connectivity index is 4.37. The fourth-order valence-corrected chi connectivity index (χ4v) is 5.10. The smallest absolute Gasteiger partial charge is 0.457 e. The molecule has 0 saturated heterocycles. The van der Waals surface area contributed by atoms with E-state index >= 15 is 0 Å². The average molecular weight is 621 g/mol. The molecule has 0 aliphatic carbocycles. The first-order valence-electron chi connectivity index (χ1n) is 16.9. The average Bonchev–Trinajstić information content (AvgIpc) is 2.92. The number of ether oxygens (including phenoxy) is 2. The summed E-state index contributed by atoms with van der Waals surface area (Å²) in [6, 6.07) is 0. The number of phosphoric acid groups is 1. The quantitative estimate of drug-likeness (QED) is 0.0272. The maximum Gasteiger partial charge on any atom is 0.472 e. The Hall–Kier alpha value is -0.760. The summed E-state index contributed by atoms with van der Waals surface area (Å²) >= 11 is 0. The molecule has 0 saturated carbocycles. The van der Waals surface area contributed by atoms with E-state index in [9.17, 15) is 14.3 Å². The lowest BCUT2D eigenvalue weighted by molar-refractivity contribution is -0.870. The van der Waals surface area contributed by atoms with Crippen LogP contribution in [0.1, 0.15) is 136 Å². The predicted octanol–water partition coefficient (Wildman–Crippen LogP) is 8.76. The van der Waals surface area contributed by atoms with E-state index in [2.05, 4.69) is 26.0 Å². The molecule has 250 valence electrons. The first-order chi connectivity index (χ1) is 20.1. The van der Waals surface area contributed by atoms with Crippen LogP contribution in [0.3, 0.4) is 0 Å². The number of nitrogens with zero attached hydrogens (tertiary/aromatic N) is 1. The fourth-order valence-electron chi connectivity index (χ4n) is 4.35. The van der Waals surface area contributed by atoms with Crippen molar-refractivity contribution in [3.05, 3.63) is 12.2 Å². The van der Waals surface area contributed by atoms with Crippen molar-refractivity contribution >= 4 is 13.8 Å². The second kappa shape index (κ2) is 27.8. The van der Waals surface area contributed by atoms with Crippen LogP contribution in [0.4, 0.5) is 0 Å². The maximum atomic E-state index is 12.5. The number of carbonyl (C=O) groups excluding carboxylic acids is 1. The van der Waals surface area contributed by atoms with E-state index in [1.165, 1.54) is 70.6 Å². The lowest BCUT2D eigenvalue weighted by Gasteiger charge is -2.24. The number of carbonyl (C=O) groups is 1. The van der Waals surface area contributed by atoms with E-state index in [0.29, 0.717) is 24.1 Å². The molecule has 8 nitrogen and oxygen atoms in total. The third kappa shape index (κ3) is 30.7. The molecule has 9 heteroatoms. The monoisotopic (exact) mass is 620 g/mol. The Morgan fingerprint density at radius 2 is 1.26 bits per heavy atom. The molecule has 0 bridgehead atoms. The number of phosphoric ester groups is 1. The third-order valence-electron chi connectivity index (χ3n) is 7.08. The molecule has 0 aromatic carbocycles. The summed E-state index contributed by atoms with van der Waals surface area (Å²) in [7, 11) is 1.66. The largest absolute Gasteiger partial charge is 0.472 e. The molecule has 0 radical (unpaired) electrons. The summed E-state index contributed by atoms with van der Waals surface area (Å²) in [6.07, 6.45) is 25.2. The summed E-state index contributed by atoms with van der Waals surface area (Å²) in [5.41, 5.74) is 0. The maximum absolute atomic E-state index is 12.5. The van der Waals surface area contributed by atoms with Crippen molar-refractivity contribution in [1.29, 1.82) is 0 Å². The highest BCUT2D eigenvalue weighted by molar-refractivity contribution is 7.47. The van der Waals surface area contributed by atoms with Crippen molar-refractivity contribution in [2.75, 3.05) is 54.1 Å². The van der Waals surface area contributed by atoms with E-state index < -0.39 is 13.9 Å². The van der Waals surface area contributed by atoms with Gasteiger partial charge in [-0.15, -0.1) is 0 Å². The van der Waals surface area contributed by atoms with Gasteiger partial charge in [0.25, 0.3) is 0 Å². The first kappa shape index (κ1) is 41.2. The molecular weight excluding hydrogens is 553 g/mol. The molecule has 2 unspecified atom stereocenters. The summed E-state index contributed by atoms with van der Waals surface area (Å²) in [6.45, 7) is 5.55. The molecule has 0 aliphatic rings. The zero-order valence-electron chi connectivity index (χ0n) is 28.0. The van der Waals surface area contributed by atoms with Crippen LogP contribution in [0, 0.1) is 0 Å². The third-order valence-corrected chi connectivity index (χ3v) is 8.06. The minimum Gasteiger partial charge on any atom is -0.457 e. The van der Waals surface area contributed by atoms with Crippen molar-refractivity contribution in [2.24, 2.45) is 0 Å². The van der Waals surface area contributed by atoms with E-state index in [1.807, 2.05) is 21.1 Å². The van der Waals surface area contributed by atoms with Gasteiger partial charge in [-0.2, -0.15) is 0 Å². The van der Waals surface area contributed by atoms with Crippen LogP contribution in [0.5, 0.6) is 0 Å². The van der Waals surface area contributed by atoms with Crippen LogP contribution in [0.2, 0.25) is 0 Å². The minimum atomic E-state index is -4.25. The van der Waals surface area contributed by atoms with Gasteiger partial charge in [0.05, 0.1) is 34.4 Å². The number of quaternary nitrogens is 1. The van der Waals surface area contributed by atoms with Crippen molar-refractivity contribution in [2.45, 2.75) is 142 Å². The normalized spacial score (nSPS) is 14.3. The Morgan fingerprint density at radius 3 is 1.88 bits per heavy atom. The van der Waals surface area contributed by atoms with Gasteiger partial charge in [-0.3, -0.25) is 13.8 Å². The molecule has 0 spiro atoms. The molecule has 0 heterocycles. The lowest BCUT2D eigenvalue weighted by atomic mass is 10.1. The zero-order valence-corrected chi connectivity index (χ0v) is 28.9. The molecule has 0 rings (SSSR count). The summed E-state index contributed by atoms with van der Waals surface area (Å²) < 4.78 is 34.6. The number of rotatable bonds is 31. The van der Waals surface area contributed by atoms with Gasteiger partial charge in [0.15, 0.2) is 0 Å². The van der Waals surface area contributed by atoms with Crippen LogP contribution >= 0.6 is 7.82 Å². The standard InChI is InChI=1S/C33H66NO7P/c1-6-8-10-12-14-16-17-18-20-22-24-26-33(35)41-32(31-40-42(36,37)39-29-27-34(3,4)5)30-38-28-25-23-21-19-15-13-11-9-7-2/h12,14,32H,6-11,13,15-31H2,1-5H3/p+1/b14-12-. The molecule has 0 fully saturated rings. The topological polar surface area (TPSA) is 91.3 Å². The van der Waals surface area contributed by atoms with Crippen molar-refractivity contribution < 1.29 is 37.3 Å². The van der Waals surface area contributed by atoms with Gasteiger partial charge < -0.3 is 18.9 Å². The van der Waals surface area contributed by atoms with Crippen molar-refractivity contribution in [3.63, 3.8) is 0 Å². The van der Waals surface area contributed by atoms with Crippen LogP contribution < -0.4 is 0 Å². The number of hydrogen-bond acceptors (Lipinski definition) is 6. The van der Waals surface area contributed by atoms with Crippen LogP contribution in [-0.4, -0.2) is 75.6 Å². The van der Waals surface area contributed by atoms with Gasteiger partial charge in [0.1, 0.15) is 19.3 Å². The molecule has 0 aromatic heterocycles. The van der Waals surface area contributed by atoms with E-state index in [1.54, 1.807) is 0 Å². The van der Waals surface area contributed by atoms with Crippen molar-refractivity contribution in [1.82, 2.24) is 0 Å².